The van der Waals surface area contributed by atoms with Crippen molar-refractivity contribution in [2.24, 2.45) is 7.05 Å². The Morgan fingerprint density at radius 3 is 2.35 bits per heavy atom. The Balaban J connectivity index is 1.76. The molecule has 1 heterocycles. The van der Waals surface area contributed by atoms with E-state index in [0.717, 1.165) is 17.1 Å². The number of benzene rings is 2. The maximum atomic E-state index is 13.1. The molecule has 0 unspecified atom stereocenters. The summed E-state index contributed by atoms with van der Waals surface area (Å²) in [6.45, 7) is 2.39. The molecule has 1 aromatic heterocycles. The predicted octanol–water partition coefficient (Wildman–Crippen LogP) is 2.50. The molecule has 2 N–H and O–H groups in total. The van der Waals surface area contributed by atoms with E-state index in [-0.39, 0.29) is 5.91 Å². The highest BCUT2D eigenvalue weighted by molar-refractivity contribution is 5.90. The number of amides is 1. The molecule has 3 aromatic rings. The fourth-order valence-corrected chi connectivity index (χ4v) is 2.84. The molecule has 0 spiro atoms. The Morgan fingerprint density at radius 1 is 1.08 bits per heavy atom. The molecule has 6 heteroatoms. The highest BCUT2D eigenvalue weighted by atomic mass is 16.2. The number of rotatable bonds is 7. The van der Waals surface area contributed by atoms with Crippen molar-refractivity contribution in [3.8, 4) is 0 Å². The largest absolute Gasteiger partial charge is 0.368 e. The quantitative estimate of drug-likeness (QED) is 0.687. The first kappa shape index (κ1) is 17.7. The number of para-hydroxylation sites is 1. The zero-order valence-electron chi connectivity index (χ0n) is 15.0. The topological polar surface area (TPSA) is 71.8 Å². The van der Waals surface area contributed by atoms with E-state index in [1.165, 1.54) is 0 Å². The van der Waals surface area contributed by atoms with Crippen LogP contribution in [0.2, 0.25) is 0 Å². The van der Waals surface area contributed by atoms with Crippen molar-refractivity contribution in [1.29, 1.82) is 0 Å². The monoisotopic (exact) mass is 349 g/mol. The lowest BCUT2D eigenvalue weighted by Crippen LogP contribution is -2.48. The molecule has 3 rings (SSSR count). The summed E-state index contributed by atoms with van der Waals surface area (Å²) in [6, 6.07) is 19.5. The van der Waals surface area contributed by atoms with Gasteiger partial charge in [0.15, 0.2) is 0 Å². The van der Waals surface area contributed by atoms with E-state index in [4.69, 9.17) is 0 Å². The third kappa shape index (κ3) is 3.91. The second-order valence-corrected chi connectivity index (χ2v) is 6.35. The van der Waals surface area contributed by atoms with Gasteiger partial charge in [-0.15, -0.1) is 10.2 Å². The Morgan fingerprint density at radius 2 is 1.73 bits per heavy atom. The third-order valence-corrected chi connectivity index (χ3v) is 4.41. The van der Waals surface area contributed by atoms with Gasteiger partial charge in [0, 0.05) is 25.7 Å². The second kappa shape index (κ2) is 7.82. The summed E-state index contributed by atoms with van der Waals surface area (Å²) >= 11 is 0. The summed E-state index contributed by atoms with van der Waals surface area (Å²) in [6.07, 6.45) is 2.28. The Labute approximate surface area is 153 Å². The SMILES string of the molecule is Cn1cnnc1CCNC(=O)[C@](C)(Nc1ccccc1)c1ccccc1. The van der Waals surface area contributed by atoms with Gasteiger partial charge in [0.05, 0.1) is 0 Å². The molecule has 0 aliphatic rings. The standard InChI is InChI=1S/C20H23N5O/c1-20(16-9-5-3-6-10-16,23-17-11-7-4-8-12-17)19(26)21-14-13-18-24-22-15-25(18)2/h3-12,15,23H,13-14H2,1-2H3,(H,21,26)/t20-/m1/s1. The van der Waals surface area contributed by atoms with Crippen molar-refractivity contribution < 1.29 is 4.79 Å². The van der Waals surface area contributed by atoms with Gasteiger partial charge in [-0.1, -0.05) is 48.5 Å². The van der Waals surface area contributed by atoms with Crippen LogP contribution in [-0.2, 0) is 23.8 Å². The van der Waals surface area contributed by atoms with Gasteiger partial charge < -0.3 is 15.2 Å². The van der Waals surface area contributed by atoms with Crippen LogP contribution in [0.15, 0.2) is 67.0 Å². The number of carbonyl (C=O) groups excluding carboxylic acids is 1. The van der Waals surface area contributed by atoms with E-state index in [9.17, 15) is 4.79 Å². The molecule has 1 atom stereocenters. The summed E-state index contributed by atoms with van der Waals surface area (Å²) in [5.74, 6) is 0.748. The molecule has 0 aliphatic heterocycles. The number of nitrogens with zero attached hydrogens (tertiary/aromatic N) is 3. The predicted molar refractivity (Wildman–Crippen MR) is 102 cm³/mol. The van der Waals surface area contributed by atoms with Crippen molar-refractivity contribution in [2.45, 2.75) is 18.9 Å². The normalized spacial score (nSPS) is 13.0. The summed E-state index contributed by atoms with van der Waals surface area (Å²) in [5, 5.41) is 14.3. The number of aromatic nitrogens is 3. The van der Waals surface area contributed by atoms with E-state index in [1.54, 1.807) is 6.33 Å². The molecular weight excluding hydrogens is 326 g/mol. The molecule has 0 radical (unpaired) electrons. The van der Waals surface area contributed by atoms with Crippen LogP contribution >= 0.6 is 0 Å². The van der Waals surface area contributed by atoms with Crippen LogP contribution in [0.1, 0.15) is 18.3 Å². The van der Waals surface area contributed by atoms with E-state index >= 15 is 0 Å². The zero-order chi connectivity index (χ0) is 18.4. The van der Waals surface area contributed by atoms with Crippen LogP contribution in [0, 0.1) is 0 Å². The van der Waals surface area contributed by atoms with Crippen LogP contribution in [0.3, 0.4) is 0 Å². The van der Waals surface area contributed by atoms with E-state index in [2.05, 4.69) is 20.8 Å². The molecule has 134 valence electrons. The number of hydrogen-bond acceptors (Lipinski definition) is 4. The van der Waals surface area contributed by atoms with Crippen molar-refractivity contribution in [3.05, 3.63) is 78.4 Å². The zero-order valence-corrected chi connectivity index (χ0v) is 15.0. The number of hydrogen-bond donors (Lipinski definition) is 2. The number of carbonyl (C=O) groups is 1. The van der Waals surface area contributed by atoms with Gasteiger partial charge >= 0.3 is 0 Å². The van der Waals surface area contributed by atoms with Gasteiger partial charge in [0.2, 0.25) is 5.91 Å². The van der Waals surface area contributed by atoms with Crippen LogP contribution in [0.4, 0.5) is 5.69 Å². The van der Waals surface area contributed by atoms with Crippen LogP contribution in [-0.4, -0.2) is 27.2 Å². The highest BCUT2D eigenvalue weighted by Gasteiger charge is 2.34. The Hall–Kier alpha value is -3.15. The molecule has 6 nitrogen and oxygen atoms in total. The minimum atomic E-state index is -0.886. The van der Waals surface area contributed by atoms with Gasteiger partial charge in [-0.25, -0.2) is 0 Å². The maximum Gasteiger partial charge on any atom is 0.250 e. The first-order valence-corrected chi connectivity index (χ1v) is 8.59. The van der Waals surface area contributed by atoms with E-state index in [0.29, 0.717) is 13.0 Å². The summed E-state index contributed by atoms with van der Waals surface area (Å²) < 4.78 is 1.85. The first-order chi connectivity index (χ1) is 12.6. The Kier molecular flexibility index (Phi) is 5.31. The molecular formula is C20H23N5O. The molecule has 0 aliphatic carbocycles. The molecule has 26 heavy (non-hydrogen) atoms. The molecule has 1 amide bonds. The Bertz CT molecular complexity index is 847. The fourth-order valence-electron chi connectivity index (χ4n) is 2.84. The smallest absolute Gasteiger partial charge is 0.250 e. The van der Waals surface area contributed by atoms with Gasteiger partial charge in [-0.05, 0) is 24.6 Å². The van der Waals surface area contributed by atoms with Crippen LogP contribution in [0.5, 0.6) is 0 Å². The minimum Gasteiger partial charge on any atom is -0.368 e. The number of aryl methyl sites for hydroxylation is 1. The van der Waals surface area contributed by atoms with Gasteiger partial charge in [0.1, 0.15) is 17.7 Å². The minimum absolute atomic E-state index is 0.0882. The van der Waals surface area contributed by atoms with Crippen molar-refractivity contribution in [1.82, 2.24) is 20.1 Å². The number of nitrogens with one attached hydrogen (secondary N) is 2. The van der Waals surface area contributed by atoms with Crippen LogP contribution < -0.4 is 10.6 Å². The average Bonchev–Trinajstić information content (AvgIpc) is 3.08. The lowest BCUT2D eigenvalue weighted by atomic mass is 9.90. The molecule has 0 saturated heterocycles. The van der Waals surface area contributed by atoms with Gasteiger partial charge in [-0.3, -0.25) is 4.79 Å². The summed E-state index contributed by atoms with van der Waals surface area (Å²) in [7, 11) is 1.89. The highest BCUT2D eigenvalue weighted by Crippen LogP contribution is 2.26. The molecule has 0 bridgehead atoms. The van der Waals surface area contributed by atoms with Crippen molar-refractivity contribution >= 4 is 11.6 Å². The van der Waals surface area contributed by atoms with Crippen LogP contribution in [0.25, 0.3) is 0 Å². The van der Waals surface area contributed by atoms with Gasteiger partial charge in [-0.2, -0.15) is 0 Å². The lowest BCUT2D eigenvalue weighted by molar-refractivity contribution is -0.125. The average molecular weight is 349 g/mol. The van der Waals surface area contributed by atoms with Gasteiger partial charge in [0.25, 0.3) is 0 Å². The van der Waals surface area contributed by atoms with E-state index < -0.39 is 5.54 Å². The molecule has 0 fully saturated rings. The summed E-state index contributed by atoms with van der Waals surface area (Å²) in [5.41, 5.74) is 0.907. The van der Waals surface area contributed by atoms with E-state index in [1.807, 2.05) is 79.2 Å². The third-order valence-electron chi connectivity index (χ3n) is 4.41. The lowest BCUT2D eigenvalue weighted by Gasteiger charge is -2.31. The summed E-state index contributed by atoms with van der Waals surface area (Å²) in [4.78, 5) is 13.1. The fraction of sp³-hybridized carbons (Fsp3) is 0.250. The molecule has 2 aromatic carbocycles. The maximum absolute atomic E-state index is 13.1. The first-order valence-electron chi connectivity index (χ1n) is 8.59. The molecule has 0 saturated carbocycles. The van der Waals surface area contributed by atoms with Crippen molar-refractivity contribution in [2.75, 3.05) is 11.9 Å². The van der Waals surface area contributed by atoms with Crippen molar-refractivity contribution in [3.63, 3.8) is 0 Å². The second-order valence-electron chi connectivity index (χ2n) is 6.35. The number of anilines is 1.